The van der Waals surface area contributed by atoms with Crippen molar-refractivity contribution >= 4 is 21.8 Å². The molecule has 2 heterocycles. The Morgan fingerprint density at radius 1 is 1.19 bits per heavy atom. The average molecular weight is 348 g/mol. The minimum absolute atomic E-state index is 0.160. The van der Waals surface area contributed by atoms with Gasteiger partial charge in [0.05, 0.1) is 6.54 Å². The predicted molar refractivity (Wildman–Crippen MR) is 77.3 cm³/mol. The zero-order chi connectivity index (χ0) is 14.7. The molecule has 1 aromatic carbocycles. The molecule has 0 atom stereocenters. The van der Waals surface area contributed by atoms with E-state index < -0.39 is 0 Å². The third-order valence-electron chi connectivity index (χ3n) is 2.69. The highest BCUT2D eigenvalue weighted by atomic mass is 79.9. The fourth-order valence-electron chi connectivity index (χ4n) is 1.71. The number of halogens is 1. The van der Waals surface area contributed by atoms with Gasteiger partial charge in [0, 0.05) is 5.56 Å². The summed E-state index contributed by atoms with van der Waals surface area (Å²) in [4.78, 5) is 16.0. The average Bonchev–Trinajstić information content (AvgIpc) is 3.15. The fourth-order valence-corrected chi connectivity index (χ4v) is 2.01. The van der Waals surface area contributed by atoms with E-state index in [0.29, 0.717) is 16.4 Å². The molecule has 6 nitrogen and oxygen atoms in total. The number of hydrogen-bond acceptors (Lipinski definition) is 5. The Morgan fingerprint density at radius 3 is 2.71 bits per heavy atom. The summed E-state index contributed by atoms with van der Waals surface area (Å²) in [5, 5.41) is 6.48. The second kappa shape index (κ2) is 5.92. The second-order valence-electron chi connectivity index (χ2n) is 4.17. The molecule has 0 aliphatic rings. The second-order valence-corrected chi connectivity index (χ2v) is 4.95. The van der Waals surface area contributed by atoms with Crippen LogP contribution >= 0.6 is 15.9 Å². The SMILES string of the molecule is O=C(NCc1noc(-c2ccccc2)n1)c1ccc(Br)o1. The quantitative estimate of drug-likeness (QED) is 0.784. The number of nitrogens with zero attached hydrogens (tertiary/aromatic N) is 2. The summed E-state index contributed by atoms with van der Waals surface area (Å²) in [6.07, 6.45) is 0. The van der Waals surface area contributed by atoms with E-state index in [0.717, 1.165) is 5.56 Å². The monoisotopic (exact) mass is 347 g/mol. The van der Waals surface area contributed by atoms with Crippen LogP contribution in [-0.2, 0) is 6.54 Å². The summed E-state index contributed by atoms with van der Waals surface area (Å²) in [6, 6.07) is 12.6. The van der Waals surface area contributed by atoms with E-state index in [4.69, 9.17) is 8.94 Å². The van der Waals surface area contributed by atoms with Crippen LogP contribution in [0.15, 0.2) is 56.1 Å². The van der Waals surface area contributed by atoms with E-state index in [1.807, 2.05) is 30.3 Å². The van der Waals surface area contributed by atoms with Gasteiger partial charge in [-0.3, -0.25) is 4.79 Å². The maximum absolute atomic E-state index is 11.8. The van der Waals surface area contributed by atoms with Gasteiger partial charge in [-0.1, -0.05) is 23.4 Å². The zero-order valence-corrected chi connectivity index (χ0v) is 12.3. The van der Waals surface area contributed by atoms with E-state index >= 15 is 0 Å². The van der Waals surface area contributed by atoms with Gasteiger partial charge in [-0.05, 0) is 40.2 Å². The largest absolute Gasteiger partial charge is 0.444 e. The Bertz CT molecular complexity index is 752. The summed E-state index contributed by atoms with van der Waals surface area (Å²) in [6.45, 7) is 0.160. The van der Waals surface area contributed by atoms with Crippen LogP contribution in [0.5, 0.6) is 0 Å². The highest BCUT2D eigenvalue weighted by molar-refractivity contribution is 9.10. The zero-order valence-electron chi connectivity index (χ0n) is 10.7. The van der Waals surface area contributed by atoms with E-state index in [1.165, 1.54) is 0 Å². The van der Waals surface area contributed by atoms with Crippen LogP contribution in [-0.4, -0.2) is 16.0 Å². The summed E-state index contributed by atoms with van der Waals surface area (Å²) in [5.74, 6) is 0.689. The van der Waals surface area contributed by atoms with Gasteiger partial charge in [-0.15, -0.1) is 0 Å². The van der Waals surface area contributed by atoms with Crippen LogP contribution < -0.4 is 5.32 Å². The first-order valence-electron chi connectivity index (χ1n) is 6.14. The molecule has 1 amide bonds. The Hall–Kier alpha value is -2.41. The van der Waals surface area contributed by atoms with Crippen LogP contribution in [0.3, 0.4) is 0 Å². The Labute approximate surface area is 128 Å². The molecule has 21 heavy (non-hydrogen) atoms. The summed E-state index contributed by atoms with van der Waals surface area (Å²) in [7, 11) is 0. The highest BCUT2D eigenvalue weighted by Gasteiger charge is 2.13. The lowest BCUT2D eigenvalue weighted by Crippen LogP contribution is -2.22. The first kappa shape index (κ1) is 13.6. The molecule has 0 saturated carbocycles. The van der Waals surface area contributed by atoms with Crippen molar-refractivity contribution in [2.75, 3.05) is 0 Å². The molecular weight excluding hydrogens is 338 g/mol. The molecule has 1 N–H and O–H groups in total. The molecule has 0 saturated heterocycles. The Kier molecular flexibility index (Phi) is 3.83. The van der Waals surface area contributed by atoms with Crippen molar-refractivity contribution in [1.29, 1.82) is 0 Å². The molecule has 0 aliphatic carbocycles. The highest BCUT2D eigenvalue weighted by Crippen LogP contribution is 2.16. The molecule has 3 aromatic rings. The lowest BCUT2D eigenvalue weighted by atomic mass is 10.2. The van der Waals surface area contributed by atoms with Crippen molar-refractivity contribution in [2.24, 2.45) is 0 Å². The molecule has 0 unspecified atom stereocenters. The van der Waals surface area contributed by atoms with Gasteiger partial charge < -0.3 is 14.3 Å². The van der Waals surface area contributed by atoms with Gasteiger partial charge in [0.1, 0.15) is 0 Å². The number of furan rings is 1. The van der Waals surface area contributed by atoms with Gasteiger partial charge in [0.25, 0.3) is 11.8 Å². The minimum atomic E-state index is -0.341. The van der Waals surface area contributed by atoms with Gasteiger partial charge >= 0.3 is 0 Å². The number of rotatable bonds is 4. The van der Waals surface area contributed by atoms with Gasteiger partial charge in [-0.2, -0.15) is 4.98 Å². The van der Waals surface area contributed by atoms with Crippen molar-refractivity contribution < 1.29 is 13.7 Å². The summed E-state index contributed by atoms with van der Waals surface area (Å²) in [5.41, 5.74) is 0.831. The van der Waals surface area contributed by atoms with Crippen molar-refractivity contribution in [3.63, 3.8) is 0 Å². The predicted octanol–water partition coefficient (Wildman–Crippen LogP) is 3.02. The molecule has 0 bridgehead atoms. The van der Waals surface area contributed by atoms with Gasteiger partial charge in [0.15, 0.2) is 16.3 Å². The molecule has 106 valence electrons. The number of benzene rings is 1. The normalized spacial score (nSPS) is 10.5. The van der Waals surface area contributed by atoms with Crippen molar-refractivity contribution in [3.05, 3.63) is 58.7 Å². The molecule has 2 aromatic heterocycles. The maximum atomic E-state index is 11.8. The number of carbonyl (C=O) groups excluding carboxylic acids is 1. The first-order chi connectivity index (χ1) is 10.2. The number of carbonyl (C=O) groups is 1. The molecule has 0 aliphatic heterocycles. The molecule has 0 spiro atoms. The van der Waals surface area contributed by atoms with Gasteiger partial charge in [0.2, 0.25) is 0 Å². The van der Waals surface area contributed by atoms with E-state index in [2.05, 4.69) is 31.4 Å². The van der Waals surface area contributed by atoms with Crippen molar-refractivity contribution in [1.82, 2.24) is 15.5 Å². The fraction of sp³-hybridized carbons (Fsp3) is 0.0714. The standard InChI is InChI=1S/C14H10BrN3O3/c15-11-7-6-10(20-11)13(19)16-8-12-17-14(21-18-12)9-4-2-1-3-5-9/h1-7H,8H2,(H,16,19). The van der Waals surface area contributed by atoms with E-state index in [-0.39, 0.29) is 18.2 Å². The third-order valence-corrected chi connectivity index (χ3v) is 3.12. The van der Waals surface area contributed by atoms with E-state index in [9.17, 15) is 4.79 Å². The molecule has 0 radical (unpaired) electrons. The van der Waals surface area contributed by atoms with Gasteiger partial charge in [-0.25, -0.2) is 0 Å². The van der Waals surface area contributed by atoms with Crippen LogP contribution in [0.4, 0.5) is 0 Å². The lowest BCUT2D eigenvalue weighted by molar-refractivity contribution is 0.0920. The van der Waals surface area contributed by atoms with Crippen molar-refractivity contribution in [3.8, 4) is 11.5 Å². The molecule has 7 heteroatoms. The smallest absolute Gasteiger partial charge is 0.287 e. The number of aromatic nitrogens is 2. The maximum Gasteiger partial charge on any atom is 0.287 e. The molecule has 3 rings (SSSR count). The number of nitrogens with one attached hydrogen (secondary N) is 1. The molecule has 0 fully saturated rings. The van der Waals surface area contributed by atoms with Crippen LogP contribution in [0.1, 0.15) is 16.4 Å². The van der Waals surface area contributed by atoms with Crippen LogP contribution in [0, 0.1) is 0 Å². The molecular formula is C14H10BrN3O3. The van der Waals surface area contributed by atoms with Crippen LogP contribution in [0.2, 0.25) is 0 Å². The van der Waals surface area contributed by atoms with E-state index in [1.54, 1.807) is 12.1 Å². The third kappa shape index (κ3) is 3.19. The Morgan fingerprint density at radius 2 is 2.00 bits per heavy atom. The minimum Gasteiger partial charge on any atom is -0.444 e. The number of hydrogen-bond donors (Lipinski definition) is 1. The lowest BCUT2D eigenvalue weighted by Gasteiger charge is -1.98. The van der Waals surface area contributed by atoms with Crippen molar-refractivity contribution in [2.45, 2.75) is 6.54 Å². The topological polar surface area (TPSA) is 81.2 Å². The van der Waals surface area contributed by atoms with Crippen LogP contribution in [0.25, 0.3) is 11.5 Å². The summed E-state index contributed by atoms with van der Waals surface area (Å²) >= 11 is 3.14. The summed E-state index contributed by atoms with van der Waals surface area (Å²) < 4.78 is 10.8. The number of amides is 1. The first-order valence-corrected chi connectivity index (χ1v) is 6.93. The Balaban J connectivity index is 1.64.